The van der Waals surface area contributed by atoms with E-state index < -0.39 is 7.26 Å². The van der Waals surface area contributed by atoms with E-state index in [0.717, 1.165) is 45.3 Å². The molecule has 0 aromatic heterocycles. The summed E-state index contributed by atoms with van der Waals surface area (Å²) < 4.78 is 12.6. The van der Waals surface area contributed by atoms with Crippen LogP contribution in [0.3, 0.4) is 0 Å². The molecule has 0 radical (unpaired) electrons. The average molecular weight is 742 g/mol. The Morgan fingerprint density at radius 3 is 1.26 bits per heavy atom. The second-order valence-corrected chi connectivity index (χ2v) is 19.1. The highest BCUT2D eigenvalue weighted by atomic mass is 31.2. The standard InChI is InChI=1S/C50H78O2P/c1-6-8-10-12-17-21-31-41-51-50(52-42-32-22-18-13-11-9-7-2)40-24-20-16-14-15-19-23-33-43-53(47-37-28-25-34-44(47)3,48-38-29-26-35-45(48)4)49-39-30-27-36-46(49)5/h15,19,25-30,34-39,50H,6-14,16-18,20-24,31-33,40-43H2,1-5H3/q+1/b19-15-. The lowest BCUT2D eigenvalue weighted by Gasteiger charge is -2.31. The van der Waals surface area contributed by atoms with Crippen LogP contribution in [0, 0.1) is 20.8 Å². The van der Waals surface area contributed by atoms with Crippen LogP contribution in [0.4, 0.5) is 0 Å². The van der Waals surface area contributed by atoms with E-state index in [4.69, 9.17) is 9.47 Å². The van der Waals surface area contributed by atoms with Crippen molar-refractivity contribution in [3.63, 3.8) is 0 Å². The monoisotopic (exact) mass is 742 g/mol. The second kappa shape index (κ2) is 28.2. The number of rotatable bonds is 31. The summed E-state index contributed by atoms with van der Waals surface area (Å²) in [6.07, 6.45) is 32.7. The van der Waals surface area contributed by atoms with Gasteiger partial charge in [0.15, 0.2) is 6.29 Å². The molecule has 0 aliphatic rings. The molecular formula is C50H78O2P+. The Kier molecular flexibility index (Phi) is 24.0. The van der Waals surface area contributed by atoms with Crippen LogP contribution in [0.2, 0.25) is 0 Å². The third-order valence-corrected chi connectivity index (χ3v) is 16.0. The van der Waals surface area contributed by atoms with Gasteiger partial charge >= 0.3 is 0 Å². The molecule has 0 N–H and O–H groups in total. The molecule has 294 valence electrons. The molecule has 53 heavy (non-hydrogen) atoms. The Labute approximate surface area is 328 Å². The van der Waals surface area contributed by atoms with Crippen LogP contribution in [0.25, 0.3) is 0 Å². The van der Waals surface area contributed by atoms with E-state index in [1.54, 1.807) is 15.9 Å². The maximum absolute atomic E-state index is 6.31. The van der Waals surface area contributed by atoms with Crippen molar-refractivity contribution in [1.29, 1.82) is 0 Å². The van der Waals surface area contributed by atoms with Crippen molar-refractivity contribution in [2.75, 3.05) is 19.4 Å². The number of allylic oxidation sites excluding steroid dienone is 2. The number of hydrogen-bond donors (Lipinski definition) is 0. The highest BCUT2D eigenvalue weighted by Crippen LogP contribution is 2.58. The number of aryl methyl sites for hydroxylation is 3. The fourth-order valence-corrected chi connectivity index (χ4v) is 13.1. The van der Waals surface area contributed by atoms with Gasteiger partial charge in [0, 0.05) is 13.2 Å². The van der Waals surface area contributed by atoms with Gasteiger partial charge in [0.2, 0.25) is 0 Å². The summed E-state index contributed by atoms with van der Waals surface area (Å²) in [7, 11) is -1.84. The van der Waals surface area contributed by atoms with Gasteiger partial charge in [0.1, 0.15) is 23.2 Å². The zero-order valence-corrected chi connectivity index (χ0v) is 35.8. The Balaban J connectivity index is 1.48. The van der Waals surface area contributed by atoms with Crippen molar-refractivity contribution in [2.24, 2.45) is 0 Å². The minimum absolute atomic E-state index is 0.0240. The Hall–Kier alpha value is -2.25. The van der Waals surface area contributed by atoms with Gasteiger partial charge in [-0.05, 0) is 107 Å². The van der Waals surface area contributed by atoms with Crippen LogP contribution in [0.15, 0.2) is 84.9 Å². The SMILES string of the molecule is CCCCCCCCCOC(CCCCC/C=C\CCC[P+](c1ccccc1C)(c1ccccc1C)c1ccccc1C)OCCCCCCCCC. The number of benzene rings is 3. The molecular weight excluding hydrogens is 664 g/mol. The van der Waals surface area contributed by atoms with Crippen molar-refractivity contribution in [1.82, 2.24) is 0 Å². The van der Waals surface area contributed by atoms with Gasteiger partial charge < -0.3 is 9.47 Å². The molecule has 0 aliphatic carbocycles. The van der Waals surface area contributed by atoms with Gasteiger partial charge in [0.25, 0.3) is 0 Å². The number of hydrogen-bond acceptors (Lipinski definition) is 2. The Morgan fingerprint density at radius 1 is 0.453 bits per heavy atom. The van der Waals surface area contributed by atoms with Crippen molar-refractivity contribution >= 4 is 23.2 Å². The molecule has 3 heteroatoms. The summed E-state index contributed by atoms with van der Waals surface area (Å²) in [4.78, 5) is 0. The molecule has 0 unspecified atom stereocenters. The Morgan fingerprint density at radius 2 is 0.830 bits per heavy atom. The quantitative estimate of drug-likeness (QED) is 0.0283. The van der Waals surface area contributed by atoms with Gasteiger partial charge in [-0.25, -0.2) is 0 Å². The molecule has 3 aromatic carbocycles. The van der Waals surface area contributed by atoms with E-state index in [2.05, 4.69) is 120 Å². The fourth-order valence-electron chi connectivity index (χ4n) is 7.92. The van der Waals surface area contributed by atoms with Crippen LogP contribution in [-0.4, -0.2) is 25.7 Å². The summed E-state index contributed by atoms with van der Waals surface area (Å²) >= 11 is 0. The van der Waals surface area contributed by atoms with Gasteiger partial charge in [-0.3, -0.25) is 0 Å². The first-order chi connectivity index (χ1) is 26.0. The topological polar surface area (TPSA) is 18.5 Å². The first-order valence-corrected chi connectivity index (χ1v) is 24.0. The fraction of sp³-hybridized carbons (Fsp3) is 0.600. The summed E-state index contributed by atoms with van der Waals surface area (Å²) in [5.74, 6) is 0. The molecule has 0 saturated heterocycles. The van der Waals surface area contributed by atoms with Crippen LogP contribution in [0.5, 0.6) is 0 Å². The molecule has 0 heterocycles. The predicted octanol–water partition coefficient (Wildman–Crippen LogP) is 14.1. The zero-order chi connectivity index (χ0) is 37.8. The van der Waals surface area contributed by atoms with E-state index in [0.29, 0.717) is 0 Å². The van der Waals surface area contributed by atoms with Gasteiger partial charge in [-0.2, -0.15) is 0 Å². The molecule has 3 rings (SSSR count). The zero-order valence-electron chi connectivity index (χ0n) is 34.9. The third kappa shape index (κ3) is 16.6. The van der Waals surface area contributed by atoms with Crippen LogP contribution in [-0.2, 0) is 9.47 Å². The maximum Gasteiger partial charge on any atom is 0.157 e. The normalized spacial score (nSPS) is 12.0. The molecule has 0 atom stereocenters. The summed E-state index contributed by atoms with van der Waals surface area (Å²) in [5, 5.41) is 4.64. The highest BCUT2D eigenvalue weighted by Gasteiger charge is 2.47. The summed E-state index contributed by atoms with van der Waals surface area (Å²) in [6.45, 7) is 13.2. The highest BCUT2D eigenvalue weighted by molar-refractivity contribution is 7.96. The van der Waals surface area contributed by atoms with Crippen molar-refractivity contribution in [2.45, 2.75) is 176 Å². The minimum Gasteiger partial charge on any atom is -0.353 e. The van der Waals surface area contributed by atoms with Crippen LogP contribution in [0.1, 0.15) is 165 Å². The van der Waals surface area contributed by atoms with E-state index in [1.165, 1.54) is 126 Å². The molecule has 0 fully saturated rings. The van der Waals surface area contributed by atoms with Gasteiger partial charge in [0.05, 0.1) is 6.16 Å². The minimum atomic E-state index is -1.84. The first-order valence-electron chi connectivity index (χ1n) is 22.0. The molecule has 0 aliphatic heterocycles. The van der Waals surface area contributed by atoms with E-state index >= 15 is 0 Å². The number of ether oxygens (including phenoxy) is 2. The smallest absolute Gasteiger partial charge is 0.157 e. The van der Waals surface area contributed by atoms with Crippen molar-refractivity contribution in [3.8, 4) is 0 Å². The Bertz CT molecular complexity index is 1250. The summed E-state index contributed by atoms with van der Waals surface area (Å²) in [5.41, 5.74) is 4.24. The van der Waals surface area contributed by atoms with Crippen molar-refractivity contribution < 1.29 is 9.47 Å². The third-order valence-electron chi connectivity index (χ3n) is 11.0. The molecule has 2 nitrogen and oxygen atoms in total. The van der Waals surface area contributed by atoms with E-state index in [-0.39, 0.29) is 6.29 Å². The van der Waals surface area contributed by atoms with Crippen molar-refractivity contribution in [3.05, 3.63) is 102 Å². The lowest BCUT2D eigenvalue weighted by Crippen LogP contribution is -2.37. The van der Waals surface area contributed by atoms with E-state index in [1.807, 2.05) is 0 Å². The average Bonchev–Trinajstić information content (AvgIpc) is 3.17. The van der Waals surface area contributed by atoms with Gasteiger partial charge in [-0.15, -0.1) is 0 Å². The van der Waals surface area contributed by atoms with Gasteiger partial charge in [-0.1, -0.05) is 164 Å². The second-order valence-electron chi connectivity index (χ2n) is 15.6. The largest absolute Gasteiger partial charge is 0.353 e. The molecule has 3 aromatic rings. The maximum atomic E-state index is 6.31. The molecule has 0 spiro atoms. The predicted molar refractivity (Wildman–Crippen MR) is 237 cm³/mol. The van der Waals surface area contributed by atoms with Crippen LogP contribution >= 0.6 is 7.26 Å². The lowest BCUT2D eigenvalue weighted by molar-refractivity contribution is -0.148. The van der Waals surface area contributed by atoms with E-state index in [9.17, 15) is 0 Å². The number of unbranched alkanes of at least 4 members (excludes halogenated alkanes) is 16. The molecule has 0 bridgehead atoms. The molecule has 0 amide bonds. The summed E-state index contributed by atoms with van der Waals surface area (Å²) in [6, 6.07) is 27.5. The molecule has 0 saturated carbocycles. The first kappa shape index (κ1) is 45.1. The van der Waals surface area contributed by atoms with Crippen LogP contribution < -0.4 is 15.9 Å². The lowest BCUT2D eigenvalue weighted by atomic mass is 10.1.